The van der Waals surface area contributed by atoms with E-state index >= 15 is 0 Å². The zero-order valence-electron chi connectivity index (χ0n) is 19.5. The lowest BCUT2D eigenvalue weighted by Gasteiger charge is -2.30. The number of rotatable bonds is 9. The van der Waals surface area contributed by atoms with Crippen molar-refractivity contribution in [3.63, 3.8) is 0 Å². The van der Waals surface area contributed by atoms with Gasteiger partial charge in [-0.3, -0.25) is 9.78 Å². The summed E-state index contributed by atoms with van der Waals surface area (Å²) in [6.45, 7) is 4.17. The Morgan fingerprint density at radius 1 is 1.24 bits per heavy atom. The number of halogens is 3. The van der Waals surface area contributed by atoms with Crippen LogP contribution >= 0.6 is 0 Å². The van der Waals surface area contributed by atoms with E-state index in [0.29, 0.717) is 18.5 Å². The molecule has 0 radical (unpaired) electrons. The fourth-order valence-electron chi connectivity index (χ4n) is 4.63. The second-order valence-electron chi connectivity index (χ2n) is 9.38. The maximum atomic E-state index is 13.9. The fraction of sp³-hybridized carbons (Fsp3) is 0.520. The molecule has 2 aromatic rings. The predicted molar refractivity (Wildman–Crippen MR) is 121 cm³/mol. The van der Waals surface area contributed by atoms with E-state index in [9.17, 15) is 23.1 Å². The molecule has 1 aromatic carbocycles. The van der Waals surface area contributed by atoms with Crippen molar-refractivity contribution >= 4 is 5.91 Å². The lowest BCUT2D eigenvalue weighted by molar-refractivity contribution is -0.194. The molecule has 1 aliphatic rings. The number of amides is 1. The van der Waals surface area contributed by atoms with E-state index in [1.54, 1.807) is 24.3 Å². The first-order chi connectivity index (χ1) is 15.4. The quantitative estimate of drug-likeness (QED) is 0.574. The largest absolute Gasteiger partial charge is 0.508 e. The van der Waals surface area contributed by atoms with E-state index in [4.69, 9.17) is 0 Å². The van der Waals surface area contributed by atoms with E-state index in [0.717, 1.165) is 16.7 Å². The number of carbonyl (C=O) groups is 1. The van der Waals surface area contributed by atoms with Crippen molar-refractivity contribution in [3.05, 3.63) is 58.9 Å². The topological polar surface area (TPSA) is 65.5 Å². The predicted octanol–water partition coefficient (Wildman–Crippen LogP) is 4.51. The van der Waals surface area contributed by atoms with Crippen LogP contribution in [-0.2, 0) is 11.2 Å². The van der Waals surface area contributed by atoms with Gasteiger partial charge in [-0.25, -0.2) is 0 Å². The number of likely N-dealkylation sites (N-methyl/N-ethyl adjacent to an activating group) is 1. The summed E-state index contributed by atoms with van der Waals surface area (Å²) >= 11 is 0. The van der Waals surface area contributed by atoms with Crippen molar-refractivity contribution < 1.29 is 23.1 Å². The number of hydrogen-bond donors (Lipinski definition) is 2. The molecule has 0 bridgehead atoms. The van der Waals surface area contributed by atoms with Crippen LogP contribution in [0.5, 0.6) is 5.75 Å². The monoisotopic (exact) mass is 463 g/mol. The molecule has 2 N–H and O–H groups in total. The molecule has 0 unspecified atom stereocenters. The van der Waals surface area contributed by atoms with Gasteiger partial charge in [0.15, 0.2) is 0 Å². The lowest BCUT2D eigenvalue weighted by Crippen LogP contribution is -2.43. The molecule has 3 rings (SSSR count). The summed E-state index contributed by atoms with van der Waals surface area (Å²) in [7, 11) is 3.81. The van der Waals surface area contributed by atoms with E-state index in [1.165, 1.54) is 12.4 Å². The van der Waals surface area contributed by atoms with Gasteiger partial charge >= 0.3 is 6.18 Å². The first-order valence-electron chi connectivity index (χ1n) is 11.1. The van der Waals surface area contributed by atoms with Gasteiger partial charge in [0.25, 0.3) is 0 Å². The van der Waals surface area contributed by atoms with Gasteiger partial charge in [0.05, 0.1) is 5.41 Å². The van der Waals surface area contributed by atoms with Gasteiger partial charge < -0.3 is 15.3 Å². The average molecular weight is 464 g/mol. The molecule has 0 saturated heterocycles. The third-order valence-electron chi connectivity index (χ3n) is 6.88. The Morgan fingerprint density at radius 2 is 1.88 bits per heavy atom. The molecule has 33 heavy (non-hydrogen) atoms. The molecular formula is C25H32F3N3O2. The Bertz CT molecular complexity index is 950. The number of aromatic nitrogens is 1. The maximum absolute atomic E-state index is 13.9. The summed E-state index contributed by atoms with van der Waals surface area (Å²) in [5, 5.41) is 12.7. The van der Waals surface area contributed by atoms with Gasteiger partial charge in [0, 0.05) is 37.3 Å². The Morgan fingerprint density at radius 3 is 2.36 bits per heavy atom. The van der Waals surface area contributed by atoms with Crippen LogP contribution < -0.4 is 5.32 Å². The van der Waals surface area contributed by atoms with Crippen LogP contribution in [0.15, 0.2) is 36.7 Å². The van der Waals surface area contributed by atoms with Crippen molar-refractivity contribution in [2.24, 2.45) is 5.41 Å². The number of phenolic OH excluding ortho intramolecular Hbond substituents is 1. The molecule has 0 aliphatic heterocycles. The number of alkyl halides is 3. The first-order valence-corrected chi connectivity index (χ1v) is 11.1. The maximum Gasteiger partial charge on any atom is 0.395 e. The van der Waals surface area contributed by atoms with Gasteiger partial charge in [0.1, 0.15) is 5.75 Å². The van der Waals surface area contributed by atoms with Gasteiger partial charge in [0.2, 0.25) is 5.91 Å². The molecule has 0 spiro atoms. The van der Waals surface area contributed by atoms with Crippen LogP contribution in [0.3, 0.4) is 0 Å². The van der Waals surface area contributed by atoms with Crippen LogP contribution in [0.4, 0.5) is 13.2 Å². The number of aryl methyl sites for hydroxylation is 2. The molecule has 5 nitrogen and oxygen atoms in total. The molecular weight excluding hydrogens is 431 g/mol. The van der Waals surface area contributed by atoms with Crippen molar-refractivity contribution in [1.29, 1.82) is 0 Å². The van der Waals surface area contributed by atoms with Crippen molar-refractivity contribution in [2.45, 2.75) is 57.7 Å². The minimum Gasteiger partial charge on any atom is -0.508 e. The van der Waals surface area contributed by atoms with Crippen LogP contribution in [-0.4, -0.2) is 53.8 Å². The minimum atomic E-state index is -4.37. The Labute approximate surface area is 193 Å². The van der Waals surface area contributed by atoms with Gasteiger partial charge in [-0.15, -0.1) is 0 Å². The SMILES string of the molecule is Cc1cc(O)cc(C)c1C[C@@H](CNC(=O)C[C@@H](c1cccnc1)C1(C(F)(F)F)CC1)N(C)C. The molecule has 1 aliphatic carbocycles. The van der Waals surface area contributed by atoms with Crippen LogP contribution in [0.25, 0.3) is 0 Å². The molecule has 1 fully saturated rings. The number of phenols is 1. The third kappa shape index (κ3) is 5.66. The Hall–Kier alpha value is -2.61. The number of pyridine rings is 1. The van der Waals surface area contributed by atoms with Crippen LogP contribution in [0.2, 0.25) is 0 Å². The molecule has 2 atom stereocenters. The highest BCUT2D eigenvalue weighted by Crippen LogP contribution is 2.66. The van der Waals surface area contributed by atoms with Gasteiger partial charge in [-0.1, -0.05) is 6.07 Å². The van der Waals surface area contributed by atoms with Gasteiger partial charge in [-0.05, 0) is 87.7 Å². The number of nitrogens with zero attached hydrogens (tertiary/aromatic N) is 2. The molecule has 1 saturated carbocycles. The summed E-state index contributed by atoms with van der Waals surface area (Å²) in [6.07, 6.45) is -0.947. The number of benzene rings is 1. The number of carbonyl (C=O) groups excluding carboxylic acids is 1. The summed E-state index contributed by atoms with van der Waals surface area (Å²) in [4.78, 5) is 18.8. The van der Waals surface area contributed by atoms with E-state index in [2.05, 4.69) is 10.3 Å². The standard InChI is InChI=1S/C25H32F3N3O2/c1-16-10-20(32)11-17(2)21(16)12-19(31(3)4)15-30-23(33)13-22(18-6-5-9-29-14-18)24(7-8-24)25(26,27)28/h5-6,9-11,14,19,22,32H,7-8,12-13,15H2,1-4H3,(H,30,33)/t19-,22-/m0/s1. The zero-order chi connectivity index (χ0) is 24.4. The molecule has 1 aromatic heterocycles. The highest BCUT2D eigenvalue weighted by atomic mass is 19.4. The van der Waals surface area contributed by atoms with Crippen molar-refractivity contribution in [1.82, 2.24) is 15.2 Å². The first kappa shape index (κ1) is 25.0. The molecule has 180 valence electrons. The summed E-state index contributed by atoms with van der Waals surface area (Å²) < 4.78 is 41.6. The van der Waals surface area contributed by atoms with Crippen molar-refractivity contribution in [3.8, 4) is 5.75 Å². The highest BCUT2D eigenvalue weighted by Gasteiger charge is 2.67. The third-order valence-corrected chi connectivity index (χ3v) is 6.88. The summed E-state index contributed by atoms with van der Waals surface area (Å²) in [6, 6.07) is 6.59. The minimum absolute atomic E-state index is 0.0308. The van der Waals surface area contributed by atoms with E-state index in [-0.39, 0.29) is 31.1 Å². The number of nitrogens with one attached hydrogen (secondary N) is 1. The van der Waals surface area contributed by atoms with E-state index < -0.39 is 23.4 Å². The second-order valence-corrected chi connectivity index (χ2v) is 9.38. The Balaban J connectivity index is 1.71. The Kier molecular flexibility index (Phi) is 7.36. The number of hydrogen-bond acceptors (Lipinski definition) is 4. The molecule has 1 heterocycles. The zero-order valence-corrected chi connectivity index (χ0v) is 19.5. The normalized spacial score (nSPS) is 17.0. The summed E-state index contributed by atoms with van der Waals surface area (Å²) in [5.74, 6) is -1.14. The second kappa shape index (κ2) is 9.71. The smallest absolute Gasteiger partial charge is 0.395 e. The van der Waals surface area contributed by atoms with Crippen LogP contribution in [0.1, 0.15) is 47.4 Å². The fourth-order valence-corrected chi connectivity index (χ4v) is 4.63. The van der Waals surface area contributed by atoms with Gasteiger partial charge in [-0.2, -0.15) is 13.2 Å². The van der Waals surface area contributed by atoms with Crippen LogP contribution in [0, 0.1) is 19.3 Å². The van der Waals surface area contributed by atoms with Crippen molar-refractivity contribution in [2.75, 3.05) is 20.6 Å². The highest BCUT2D eigenvalue weighted by molar-refractivity contribution is 5.77. The molecule has 1 amide bonds. The average Bonchev–Trinajstić information content (AvgIpc) is 3.53. The summed E-state index contributed by atoms with van der Waals surface area (Å²) in [5.41, 5.74) is 1.60. The lowest BCUT2D eigenvalue weighted by atomic mass is 9.80. The van der Waals surface area contributed by atoms with E-state index in [1.807, 2.05) is 32.8 Å². The molecule has 8 heteroatoms. The number of aromatic hydroxyl groups is 1.